The number of amidine groups is 1. The molecule has 6 N–H and O–H groups in total. The topological polar surface area (TPSA) is 124 Å². The van der Waals surface area contributed by atoms with Gasteiger partial charge in [0.1, 0.15) is 0 Å². The van der Waals surface area contributed by atoms with Gasteiger partial charge in [-0.3, -0.25) is 4.79 Å². The zero-order valence-corrected chi connectivity index (χ0v) is 28.2. The van der Waals surface area contributed by atoms with Crippen molar-refractivity contribution in [2.24, 2.45) is 16.5 Å². The number of methoxy groups -OCH3 is 2. The van der Waals surface area contributed by atoms with Crippen molar-refractivity contribution in [3.63, 3.8) is 0 Å². The summed E-state index contributed by atoms with van der Waals surface area (Å²) in [6.45, 7) is 4.54. The van der Waals surface area contributed by atoms with Gasteiger partial charge in [-0.1, -0.05) is 0 Å². The molecule has 1 aromatic carbocycles. The van der Waals surface area contributed by atoms with E-state index in [1.165, 1.54) is 27.6 Å². The van der Waals surface area contributed by atoms with E-state index >= 15 is 0 Å². The number of carbonyl (C=O) groups is 1. The number of benzene rings is 1. The van der Waals surface area contributed by atoms with Crippen molar-refractivity contribution in [1.29, 1.82) is 0 Å². The van der Waals surface area contributed by atoms with Gasteiger partial charge >= 0.3 is 189 Å². The summed E-state index contributed by atoms with van der Waals surface area (Å²) < 4.78 is 13.5. The van der Waals surface area contributed by atoms with Crippen LogP contribution in [0, 0.1) is 0 Å². The van der Waals surface area contributed by atoms with Gasteiger partial charge in [0.2, 0.25) is 0 Å². The van der Waals surface area contributed by atoms with Crippen molar-refractivity contribution in [3.05, 3.63) is 74.7 Å². The van der Waals surface area contributed by atoms with Gasteiger partial charge in [-0.25, -0.2) is 0 Å². The molecule has 1 heterocycles. The number of rotatable bonds is 11. The molecule has 0 aromatic heterocycles. The molecule has 0 radical (unpaired) electrons. The summed E-state index contributed by atoms with van der Waals surface area (Å²) in [5.41, 5.74) is 19.0. The summed E-state index contributed by atoms with van der Waals surface area (Å²) in [6, 6.07) is 7.32. The Kier molecular flexibility index (Phi) is 11.2. The molecule has 0 saturated carbocycles. The Bertz CT molecular complexity index is 1320. The Morgan fingerprint density at radius 2 is 1.90 bits per heavy atom. The number of nitrogens with zero attached hydrogens (tertiary/aromatic N) is 1. The molecule has 42 heavy (non-hydrogen) atoms. The number of aliphatic imine (C=N–C) groups is 1. The maximum atomic E-state index is 13.0. The van der Waals surface area contributed by atoms with Crippen molar-refractivity contribution < 1.29 is 35.5 Å². The van der Waals surface area contributed by atoms with E-state index in [0.717, 1.165) is 41.3 Å². The van der Waals surface area contributed by atoms with Crippen LogP contribution in [0.2, 0.25) is 0 Å². The minimum absolute atomic E-state index is 0.149. The first kappa shape index (κ1) is 32.6. The van der Waals surface area contributed by atoms with Gasteiger partial charge in [0, 0.05) is 23.3 Å². The number of nitrogens with one attached hydrogen (secondary N) is 2. The predicted molar refractivity (Wildman–Crippen MR) is 167 cm³/mol. The molecule has 2 atom stereocenters. The molecule has 4 rings (SSSR count). The van der Waals surface area contributed by atoms with Crippen LogP contribution in [0.25, 0.3) is 0 Å². The molecule has 0 spiro atoms. The first-order chi connectivity index (χ1) is 20.0. The maximum absolute atomic E-state index is 13.0. The number of allylic oxidation sites excluding steroid dienone is 4. The van der Waals surface area contributed by atoms with Gasteiger partial charge in [-0.05, 0) is 38.1 Å². The number of amides is 1. The molecule has 1 aromatic rings. The molecule has 10 heteroatoms. The second-order valence-corrected chi connectivity index (χ2v) is 15.4. The van der Waals surface area contributed by atoms with E-state index < -0.39 is 0 Å². The van der Waals surface area contributed by atoms with Crippen molar-refractivity contribution in [3.8, 4) is 0 Å². The van der Waals surface area contributed by atoms with Crippen molar-refractivity contribution in [2.75, 3.05) is 37.6 Å². The second-order valence-electron chi connectivity index (χ2n) is 11.6. The average Bonchev–Trinajstić information content (AvgIpc) is 2.94. The third kappa shape index (κ3) is 7.98. The fourth-order valence-corrected chi connectivity index (χ4v) is 8.13. The van der Waals surface area contributed by atoms with E-state index in [-0.39, 0.29) is 38.8 Å². The molecule has 1 saturated heterocycles. The first-order valence-corrected chi connectivity index (χ1v) is 17.5. The van der Waals surface area contributed by atoms with Gasteiger partial charge < -0.3 is 11.1 Å². The van der Waals surface area contributed by atoms with Crippen LogP contribution in [0.5, 0.6) is 0 Å². The number of alkyl halides is 2. The SMILES string of the molecule is CN=C(NC(=O)c1ccc(NCC(C)(C)N)cc1)C1=C(N)C=C(CCC2=C(Cl)C(OC)CC(OC)=C2C2CC[I-]2)CC1. The normalized spacial score (nSPS) is 21.9. The van der Waals surface area contributed by atoms with E-state index in [4.69, 9.17) is 32.5 Å². The van der Waals surface area contributed by atoms with Crippen LogP contribution in [0.3, 0.4) is 0 Å². The number of hydrogen-bond acceptors (Lipinski definition) is 7. The summed E-state index contributed by atoms with van der Waals surface area (Å²) in [7, 11) is 5.14. The molecular formula is C32H44ClIN5O3-. The van der Waals surface area contributed by atoms with Crippen LogP contribution in [-0.4, -0.2) is 59.5 Å². The van der Waals surface area contributed by atoms with Crippen LogP contribution >= 0.6 is 11.6 Å². The minimum atomic E-state index is -0.331. The average molecular weight is 709 g/mol. The Morgan fingerprint density at radius 3 is 2.45 bits per heavy atom. The molecule has 3 aliphatic rings. The molecule has 2 aliphatic carbocycles. The third-order valence-corrected chi connectivity index (χ3v) is 11.8. The fourth-order valence-electron chi connectivity index (χ4n) is 5.36. The van der Waals surface area contributed by atoms with Gasteiger partial charge in [-0.2, -0.15) is 0 Å². The number of hydrogen-bond donors (Lipinski definition) is 4. The molecule has 1 amide bonds. The molecule has 2 unspecified atom stereocenters. The Labute approximate surface area is 265 Å². The first-order valence-electron chi connectivity index (χ1n) is 14.4. The number of ether oxygens (including phenoxy) is 2. The van der Waals surface area contributed by atoms with Crippen molar-refractivity contribution >= 4 is 29.0 Å². The zero-order chi connectivity index (χ0) is 30.4. The van der Waals surface area contributed by atoms with Gasteiger partial charge in [-0.15, -0.1) is 0 Å². The van der Waals surface area contributed by atoms with Crippen LogP contribution in [0.15, 0.2) is 74.1 Å². The molecule has 230 valence electrons. The van der Waals surface area contributed by atoms with E-state index in [2.05, 4.69) is 15.6 Å². The number of anilines is 1. The van der Waals surface area contributed by atoms with Crippen molar-refractivity contribution in [1.82, 2.24) is 5.32 Å². The fraction of sp³-hybridized carbons (Fsp3) is 0.500. The van der Waals surface area contributed by atoms with E-state index in [1.54, 1.807) is 33.4 Å². The molecular weight excluding hydrogens is 665 g/mol. The summed E-state index contributed by atoms with van der Waals surface area (Å²) in [6.07, 6.45) is 7.03. The predicted octanol–water partition coefficient (Wildman–Crippen LogP) is 1.98. The third-order valence-electron chi connectivity index (χ3n) is 7.81. The van der Waals surface area contributed by atoms with Gasteiger partial charge in [0.25, 0.3) is 0 Å². The monoisotopic (exact) mass is 708 g/mol. The van der Waals surface area contributed by atoms with Crippen LogP contribution in [-0.2, 0) is 9.47 Å². The van der Waals surface area contributed by atoms with Gasteiger partial charge in [0.05, 0.1) is 0 Å². The number of carbonyl (C=O) groups excluding carboxylic acids is 1. The van der Waals surface area contributed by atoms with Gasteiger partial charge in [0.15, 0.2) is 0 Å². The molecule has 8 nitrogen and oxygen atoms in total. The summed E-state index contributed by atoms with van der Waals surface area (Å²) >= 11 is 7.07. The van der Waals surface area contributed by atoms with E-state index in [0.29, 0.717) is 40.4 Å². The summed E-state index contributed by atoms with van der Waals surface area (Å²) in [5.74, 6) is 1.31. The van der Waals surface area contributed by atoms with Crippen molar-refractivity contribution in [2.45, 2.75) is 67.9 Å². The Balaban J connectivity index is 1.43. The number of halogens is 2. The van der Waals surface area contributed by atoms with Crippen LogP contribution in [0.1, 0.15) is 62.7 Å². The molecule has 0 bridgehead atoms. The standard InChI is InChI=1S/C32H44ClIN5O3/c1-32(2,36)18-38-21-10-8-20(9-11-21)31(40)39-30(37-3)22-12-6-19(16-25(22)35)7-13-23-28(24-14-15-34-24)26(41-4)17-27(42-5)29(23)33/h8-11,16,24,27,38H,6-7,12-15,17-18,35-36H2,1-5H3,(H,37,39,40)/q-1. The molecule has 1 aliphatic heterocycles. The Morgan fingerprint density at radius 1 is 1.19 bits per heavy atom. The summed E-state index contributed by atoms with van der Waals surface area (Å²) in [4.78, 5) is 17.4. The van der Waals surface area contributed by atoms with E-state index in [9.17, 15) is 4.79 Å². The number of nitrogens with two attached hydrogens (primary N) is 2. The zero-order valence-electron chi connectivity index (χ0n) is 25.3. The summed E-state index contributed by atoms with van der Waals surface area (Å²) in [5, 5.41) is 7.07. The van der Waals surface area contributed by atoms with Crippen LogP contribution in [0.4, 0.5) is 5.69 Å². The van der Waals surface area contributed by atoms with Crippen LogP contribution < -0.4 is 43.3 Å². The quantitative estimate of drug-likeness (QED) is 0.121. The second kappa shape index (κ2) is 14.4. The van der Waals surface area contributed by atoms with E-state index in [1.807, 2.05) is 32.1 Å². The molecule has 1 fully saturated rings. The Hall–Kier alpha value is -2.34.